The third-order valence-corrected chi connectivity index (χ3v) is 2.62. The van der Waals surface area contributed by atoms with E-state index < -0.39 is 12.1 Å². The predicted octanol–water partition coefficient (Wildman–Crippen LogP) is 1.19. The van der Waals surface area contributed by atoms with Gasteiger partial charge < -0.3 is 20.3 Å². The Hall–Kier alpha value is -1.26. The van der Waals surface area contributed by atoms with Gasteiger partial charge in [0.2, 0.25) is 6.79 Å². The van der Waals surface area contributed by atoms with Crippen molar-refractivity contribution in [1.29, 1.82) is 0 Å². The van der Waals surface area contributed by atoms with E-state index in [1.54, 1.807) is 0 Å². The van der Waals surface area contributed by atoms with Crippen molar-refractivity contribution in [3.8, 4) is 11.5 Å². The van der Waals surface area contributed by atoms with Crippen LogP contribution in [0.5, 0.6) is 11.5 Å². The minimum absolute atomic E-state index is 0.223. The van der Waals surface area contributed by atoms with Crippen LogP contribution in [-0.2, 0) is 0 Å². The summed E-state index contributed by atoms with van der Waals surface area (Å²) in [7, 11) is 0. The normalized spacial score (nSPS) is 17.5. The number of fused-ring (bicyclic) bond motifs is 1. The van der Waals surface area contributed by atoms with Gasteiger partial charge in [-0.05, 0) is 12.5 Å². The lowest BCUT2D eigenvalue weighted by Gasteiger charge is -2.18. The summed E-state index contributed by atoms with van der Waals surface area (Å²) in [6, 6.07) is 5.12. The average molecular weight is 209 g/mol. The smallest absolute Gasteiger partial charge is 0.231 e. The van der Waals surface area contributed by atoms with Crippen molar-refractivity contribution >= 4 is 0 Å². The molecule has 3 N–H and O–H groups in total. The zero-order valence-corrected chi connectivity index (χ0v) is 8.64. The van der Waals surface area contributed by atoms with Gasteiger partial charge in [0.05, 0.1) is 12.1 Å². The van der Waals surface area contributed by atoms with E-state index in [4.69, 9.17) is 15.2 Å². The third-order valence-electron chi connectivity index (χ3n) is 2.62. The van der Waals surface area contributed by atoms with E-state index in [0.717, 1.165) is 5.56 Å². The van der Waals surface area contributed by atoms with Crippen molar-refractivity contribution in [2.45, 2.75) is 25.5 Å². The molecule has 1 heterocycles. The molecule has 0 spiro atoms. The Morgan fingerprint density at radius 3 is 3.00 bits per heavy atom. The van der Waals surface area contributed by atoms with Gasteiger partial charge in [0, 0.05) is 5.56 Å². The maximum atomic E-state index is 9.69. The second kappa shape index (κ2) is 4.08. The third kappa shape index (κ3) is 1.78. The van der Waals surface area contributed by atoms with Gasteiger partial charge >= 0.3 is 0 Å². The SMILES string of the molecule is CC[C@@H](O)[C@@H](N)c1cccc2c1OCO2. The summed E-state index contributed by atoms with van der Waals surface area (Å²) >= 11 is 0. The number of benzene rings is 1. The number of hydrogen-bond donors (Lipinski definition) is 2. The molecule has 0 unspecified atom stereocenters. The summed E-state index contributed by atoms with van der Waals surface area (Å²) in [5, 5.41) is 9.69. The van der Waals surface area contributed by atoms with E-state index >= 15 is 0 Å². The van der Waals surface area contributed by atoms with Crippen molar-refractivity contribution in [3.05, 3.63) is 23.8 Å². The lowest BCUT2D eigenvalue weighted by molar-refractivity contribution is 0.137. The van der Waals surface area contributed by atoms with Crippen molar-refractivity contribution < 1.29 is 14.6 Å². The molecule has 0 bridgehead atoms. The number of hydrogen-bond acceptors (Lipinski definition) is 4. The van der Waals surface area contributed by atoms with Crippen LogP contribution in [0.1, 0.15) is 24.9 Å². The summed E-state index contributed by atoms with van der Waals surface area (Å²) in [4.78, 5) is 0. The zero-order valence-electron chi connectivity index (χ0n) is 8.64. The lowest BCUT2D eigenvalue weighted by Crippen LogP contribution is -2.25. The maximum absolute atomic E-state index is 9.69. The molecule has 2 atom stereocenters. The summed E-state index contributed by atoms with van der Waals surface area (Å²) in [5.74, 6) is 1.36. The highest BCUT2D eigenvalue weighted by molar-refractivity contribution is 5.49. The van der Waals surface area contributed by atoms with E-state index in [0.29, 0.717) is 17.9 Å². The fourth-order valence-corrected chi connectivity index (χ4v) is 1.68. The molecule has 1 aliphatic heterocycles. The molecule has 2 rings (SSSR count). The van der Waals surface area contributed by atoms with Crippen molar-refractivity contribution in [2.24, 2.45) is 5.73 Å². The molecule has 0 saturated carbocycles. The number of para-hydroxylation sites is 1. The minimum Gasteiger partial charge on any atom is -0.454 e. The number of nitrogens with two attached hydrogens (primary N) is 1. The molecule has 1 aromatic rings. The summed E-state index contributed by atoms with van der Waals surface area (Å²) in [6.07, 6.45) is 0.0618. The van der Waals surface area contributed by atoms with Gasteiger partial charge in [-0.25, -0.2) is 0 Å². The summed E-state index contributed by atoms with van der Waals surface area (Å²) < 4.78 is 10.6. The van der Waals surface area contributed by atoms with Crippen LogP contribution in [0.4, 0.5) is 0 Å². The molecule has 1 aromatic carbocycles. The Kier molecular flexibility index (Phi) is 2.79. The first-order chi connectivity index (χ1) is 7.24. The summed E-state index contributed by atoms with van der Waals surface area (Å²) in [6.45, 7) is 2.12. The van der Waals surface area contributed by atoms with Crippen LogP contribution in [0.15, 0.2) is 18.2 Å². The average Bonchev–Trinajstić information content (AvgIpc) is 2.74. The van der Waals surface area contributed by atoms with E-state index in [1.165, 1.54) is 0 Å². The Bertz CT molecular complexity index is 354. The number of aliphatic hydroxyl groups excluding tert-OH is 1. The molecule has 1 aliphatic rings. The molecule has 4 heteroatoms. The van der Waals surface area contributed by atoms with Crippen LogP contribution >= 0.6 is 0 Å². The van der Waals surface area contributed by atoms with Crippen LogP contribution in [0.25, 0.3) is 0 Å². The molecule has 0 saturated heterocycles. The number of rotatable bonds is 3. The molecular formula is C11H15NO3. The molecular weight excluding hydrogens is 194 g/mol. The first-order valence-electron chi connectivity index (χ1n) is 5.06. The van der Waals surface area contributed by atoms with Gasteiger partial charge in [-0.3, -0.25) is 0 Å². The van der Waals surface area contributed by atoms with E-state index in [-0.39, 0.29) is 6.79 Å². The Morgan fingerprint density at radius 1 is 1.47 bits per heavy atom. The maximum Gasteiger partial charge on any atom is 0.231 e. The largest absolute Gasteiger partial charge is 0.454 e. The van der Waals surface area contributed by atoms with Gasteiger partial charge in [0.15, 0.2) is 11.5 Å². The van der Waals surface area contributed by atoms with E-state index in [1.807, 2.05) is 25.1 Å². The Morgan fingerprint density at radius 2 is 2.27 bits per heavy atom. The predicted molar refractivity (Wildman–Crippen MR) is 55.8 cm³/mol. The van der Waals surface area contributed by atoms with E-state index in [9.17, 15) is 5.11 Å². The highest BCUT2D eigenvalue weighted by Crippen LogP contribution is 2.38. The first kappa shape index (κ1) is 10.3. The minimum atomic E-state index is -0.555. The molecule has 0 amide bonds. The molecule has 4 nitrogen and oxygen atoms in total. The van der Waals surface area contributed by atoms with Gasteiger partial charge in [-0.15, -0.1) is 0 Å². The Balaban J connectivity index is 2.32. The molecule has 0 aromatic heterocycles. The van der Waals surface area contributed by atoms with Crippen molar-refractivity contribution in [3.63, 3.8) is 0 Å². The molecule has 0 radical (unpaired) electrons. The lowest BCUT2D eigenvalue weighted by atomic mass is 9.99. The first-order valence-corrected chi connectivity index (χ1v) is 5.06. The standard InChI is InChI=1S/C11H15NO3/c1-2-8(13)10(12)7-4-3-5-9-11(7)15-6-14-9/h3-5,8,10,13H,2,6,12H2,1H3/t8-,10+/m1/s1. The van der Waals surface area contributed by atoms with Crippen LogP contribution in [0.3, 0.4) is 0 Å². The summed E-state index contributed by atoms with van der Waals surface area (Å²) in [5.41, 5.74) is 6.74. The van der Waals surface area contributed by atoms with E-state index in [2.05, 4.69) is 0 Å². The fraction of sp³-hybridized carbons (Fsp3) is 0.455. The molecule has 15 heavy (non-hydrogen) atoms. The molecule has 0 aliphatic carbocycles. The highest BCUT2D eigenvalue weighted by Gasteiger charge is 2.24. The van der Waals surface area contributed by atoms with Crippen LogP contribution in [0, 0.1) is 0 Å². The van der Waals surface area contributed by atoms with Crippen LogP contribution in [-0.4, -0.2) is 18.0 Å². The van der Waals surface area contributed by atoms with Gasteiger partial charge in [0.25, 0.3) is 0 Å². The fourth-order valence-electron chi connectivity index (χ4n) is 1.68. The van der Waals surface area contributed by atoms with Gasteiger partial charge in [-0.2, -0.15) is 0 Å². The second-order valence-corrected chi connectivity index (χ2v) is 3.58. The van der Waals surface area contributed by atoms with Crippen molar-refractivity contribution in [1.82, 2.24) is 0 Å². The van der Waals surface area contributed by atoms with Crippen LogP contribution < -0.4 is 15.2 Å². The molecule has 82 valence electrons. The highest BCUT2D eigenvalue weighted by atomic mass is 16.7. The van der Waals surface area contributed by atoms with Gasteiger partial charge in [0.1, 0.15) is 0 Å². The molecule has 0 fully saturated rings. The van der Waals surface area contributed by atoms with Crippen LogP contribution in [0.2, 0.25) is 0 Å². The quantitative estimate of drug-likeness (QED) is 0.784. The number of ether oxygens (including phenoxy) is 2. The van der Waals surface area contributed by atoms with Gasteiger partial charge in [-0.1, -0.05) is 19.1 Å². The number of aliphatic hydroxyl groups is 1. The topological polar surface area (TPSA) is 64.7 Å². The Labute approximate surface area is 88.6 Å². The second-order valence-electron chi connectivity index (χ2n) is 3.58. The van der Waals surface area contributed by atoms with Crippen molar-refractivity contribution in [2.75, 3.05) is 6.79 Å². The monoisotopic (exact) mass is 209 g/mol. The zero-order chi connectivity index (χ0) is 10.8.